The summed E-state index contributed by atoms with van der Waals surface area (Å²) < 4.78 is 17.4. The summed E-state index contributed by atoms with van der Waals surface area (Å²) in [6.07, 6.45) is 3.80. The average Bonchev–Trinajstić information content (AvgIpc) is 3.33. The lowest BCUT2D eigenvalue weighted by Crippen LogP contribution is -2.42. The molecule has 1 atom stereocenters. The van der Waals surface area contributed by atoms with E-state index >= 15 is 0 Å². The topological polar surface area (TPSA) is 139 Å². The van der Waals surface area contributed by atoms with Crippen molar-refractivity contribution in [1.82, 2.24) is 14.9 Å². The zero-order chi connectivity index (χ0) is 28.1. The number of fused-ring (bicyclic) bond motifs is 3. The van der Waals surface area contributed by atoms with Gasteiger partial charge in [0.2, 0.25) is 0 Å². The number of ether oxygens (including phenoxy) is 3. The number of para-hydroxylation sites is 1. The Hall–Kier alpha value is -4.83. The molecule has 2 heterocycles. The molecule has 1 amide bonds. The molecule has 5 rings (SSSR count). The monoisotopic (exact) mass is 543 g/mol. The highest BCUT2D eigenvalue weighted by Crippen LogP contribution is 2.42. The first-order valence-corrected chi connectivity index (χ1v) is 13.1. The quantitative estimate of drug-likeness (QED) is 0.138. The van der Waals surface area contributed by atoms with Gasteiger partial charge < -0.3 is 35.0 Å². The van der Waals surface area contributed by atoms with Crippen LogP contribution < -0.4 is 25.8 Å². The number of carbonyl (C=O) groups excluding carboxylic acids is 1. The summed E-state index contributed by atoms with van der Waals surface area (Å²) in [5.74, 6) is 7.60. The number of methoxy groups -OCH3 is 1. The van der Waals surface area contributed by atoms with E-state index in [9.17, 15) is 9.90 Å². The number of aromatic amines is 1. The van der Waals surface area contributed by atoms with Crippen molar-refractivity contribution in [1.29, 1.82) is 0 Å². The van der Waals surface area contributed by atoms with Gasteiger partial charge in [0.05, 0.1) is 13.7 Å². The van der Waals surface area contributed by atoms with Crippen LogP contribution in [0, 0.1) is 0 Å². The van der Waals surface area contributed by atoms with Gasteiger partial charge >= 0.3 is 6.09 Å². The molecule has 6 N–H and O–H groups in total. The molecule has 1 aromatic heterocycles. The molecule has 4 aromatic rings. The molecular weight excluding hydrogens is 510 g/mol. The van der Waals surface area contributed by atoms with Gasteiger partial charge in [-0.3, -0.25) is 4.90 Å². The molecule has 0 bridgehead atoms. The highest BCUT2D eigenvalue weighted by molar-refractivity contribution is 5.87. The number of aromatic hydroxyl groups is 1. The SMILES string of the molecule is COc1cc(C2c3[nH]c4ccc(O)cc4c3CCN2C(=O)Oc2ccccc2)ccc1OCCCN(N)/C=C\N. The number of nitrogens with zero attached hydrogens (tertiary/aromatic N) is 2. The Bertz CT molecular complexity index is 1500. The van der Waals surface area contributed by atoms with Gasteiger partial charge in [-0.2, -0.15) is 0 Å². The third-order valence-corrected chi connectivity index (χ3v) is 6.89. The Morgan fingerprint density at radius 3 is 2.75 bits per heavy atom. The average molecular weight is 544 g/mol. The number of phenols is 1. The van der Waals surface area contributed by atoms with E-state index < -0.39 is 12.1 Å². The van der Waals surface area contributed by atoms with Gasteiger partial charge in [0.1, 0.15) is 17.5 Å². The first-order valence-electron chi connectivity index (χ1n) is 13.1. The molecular formula is C30H33N5O5. The Labute approximate surface area is 232 Å². The van der Waals surface area contributed by atoms with E-state index in [1.807, 2.05) is 42.5 Å². The second-order valence-corrected chi connectivity index (χ2v) is 9.47. The van der Waals surface area contributed by atoms with E-state index in [0.717, 1.165) is 27.7 Å². The fraction of sp³-hybridized carbons (Fsp3) is 0.233. The van der Waals surface area contributed by atoms with Crippen molar-refractivity contribution in [2.24, 2.45) is 11.6 Å². The van der Waals surface area contributed by atoms with Gasteiger partial charge in [0, 0.05) is 48.5 Å². The molecule has 208 valence electrons. The van der Waals surface area contributed by atoms with Gasteiger partial charge in [0.25, 0.3) is 0 Å². The molecule has 40 heavy (non-hydrogen) atoms. The van der Waals surface area contributed by atoms with E-state index in [2.05, 4.69) is 4.98 Å². The van der Waals surface area contributed by atoms with Gasteiger partial charge in [-0.1, -0.05) is 24.3 Å². The number of hydrazine groups is 1. The maximum atomic E-state index is 13.5. The first kappa shape index (κ1) is 26.8. The summed E-state index contributed by atoms with van der Waals surface area (Å²) in [5.41, 5.74) is 9.00. The van der Waals surface area contributed by atoms with E-state index in [0.29, 0.717) is 49.8 Å². The standard InChI is InChI=1S/C30H33N5O5/c1-38-27-18-20(8-11-26(27)39-17-5-14-34(32)16-13-31)29-28-23(24-19-21(36)9-10-25(24)33-28)12-15-35(29)30(37)40-22-6-3-2-4-7-22/h2-4,6-11,13,16,18-19,29,33,36H,5,12,14-15,17,31-32H2,1H3/b16-13-. The molecule has 10 nitrogen and oxygen atoms in total. The molecule has 10 heteroatoms. The number of phenolic OH excluding ortho intramolecular Hbond substituents is 1. The highest BCUT2D eigenvalue weighted by atomic mass is 16.6. The van der Waals surface area contributed by atoms with E-state index in [-0.39, 0.29) is 5.75 Å². The van der Waals surface area contributed by atoms with Crippen LogP contribution in [-0.2, 0) is 6.42 Å². The summed E-state index contributed by atoms with van der Waals surface area (Å²) in [6.45, 7) is 1.43. The highest BCUT2D eigenvalue weighted by Gasteiger charge is 2.36. The smallest absolute Gasteiger partial charge is 0.416 e. The summed E-state index contributed by atoms with van der Waals surface area (Å²) in [5, 5.41) is 12.6. The van der Waals surface area contributed by atoms with E-state index in [4.69, 9.17) is 25.8 Å². The fourth-order valence-corrected chi connectivity index (χ4v) is 5.06. The molecule has 0 spiro atoms. The number of rotatable bonds is 9. The van der Waals surface area contributed by atoms with Crippen LogP contribution in [0.2, 0.25) is 0 Å². The third-order valence-electron chi connectivity index (χ3n) is 6.89. The molecule has 0 saturated carbocycles. The summed E-state index contributed by atoms with van der Waals surface area (Å²) in [7, 11) is 1.58. The van der Waals surface area contributed by atoms with Crippen LogP contribution in [0.15, 0.2) is 79.1 Å². The van der Waals surface area contributed by atoms with Crippen molar-refractivity contribution in [2.45, 2.75) is 18.9 Å². The number of hydrogen-bond acceptors (Lipinski definition) is 8. The van der Waals surface area contributed by atoms with Crippen LogP contribution in [0.25, 0.3) is 10.9 Å². The molecule has 1 unspecified atom stereocenters. The number of hydrogen-bond donors (Lipinski definition) is 4. The minimum absolute atomic E-state index is 0.191. The van der Waals surface area contributed by atoms with Crippen molar-refractivity contribution < 1.29 is 24.1 Å². The van der Waals surface area contributed by atoms with Crippen LogP contribution in [0.4, 0.5) is 4.79 Å². The van der Waals surface area contributed by atoms with Crippen LogP contribution in [0.3, 0.4) is 0 Å². The normalized spacial score (nSPS) is 14.8. The predicted molar refractivity (Wildman–Crippen MR) is 152 cm³/mol. The number of nitrogens with two attached hydrogens (primary N) is 2. The molecule has 0 saturated heterocycles. The van der Waals surface area contributed by atoms with Crippen molar-refractivity contribution in [3.8, 4) is 23.0 Å². The maximum absolute atomic E-state index is 13.5. The number of aromatic nitrogens is 1. The largest absolute Gasteiger partial charge is 0.508 e. The van der Waals surface area contributed by atoms with Crippen molar-refractivity contribution >= 4 is 17.0 Å². The number of H-pyrrole nitrogens is 1. The lowest BCUT2D eigenvalue weighted by atomic mass is 9.92. The van der Waals surface area contributed by atoms with Crippen LogP contribution in [-0.4, -0.2) is 52.9 Å². The Kier molecular flexibility index (Phi) is 7.97. The molecule has 1 aliphatic heterocycles. The third kappa shape index (κ3) is 5.62. The van der Waals surface area contributed by atoms with Crippen LogP contribution >= 0.6 is 0 Å². The molecule has 0 aliphatic carbocycles. The van der Waals surface area contributed by atoms with Gasteiger partial charge in [-0.15, -0.1) is 0 Å². The Morgan fingerprint density at radius 1 is 1.15 bits per heavy atom. The van der Waals surface area contributed by atoms with Gasteiger partial charge in [0.15, 0.2) is 11.5 Å². The van der Waals surface area contributed by atoms with Gasteiger partial charge in [-0.05, 0) is 60.0 Å². The number of benzene rings is 3. The first-order chi connectivity index (χ1) is 19.5. The van der Waals surface area contributed by atoms with Crippen molar-refractivity contribution in [3.05, 3.63) is 96.0 Å². The maximum Gasteiger partial charge on any atom is 0.416 e. The Morgan fingerprint density at radius 2 is 1.98 bits per heavy atom. The number of carbonyl (C=O) groups is 1. The van der Waals surface area contributed by atoms with Crippen LogP contribution in [0.1, 0.15) is 29.3 Å². The Balaban J connectivity index is 1.46. The second kappa shape index (κ2) is 11.9. The van der Waals surface area contributed by atoms with Crippen molar-refractivity contribution in [2.75, 3.05) is 26.8 Å². The fourth-order valence-electron chi connectivity index (χ4n) is 5.06. The summed E-state index contributed by atoms with van der Waals surface area (Å²) in [6, 6.07) is 19.4. The number of amides is 1. The minimum Gasteiger partial charge on any atom is -0.508 e. The molecule has 3 aromatic carbocycles. The molecule has 1 aliphatic rings. The molecule has 0 fully saturated rings. The summed E-state index contributed by atoms with van der Waals surface area (Å²) in [4.78, 5) is 18.7. The molecule has 0 radical (unpaired) electrons. The van der Waals surface area contributed by atoms with Crippen molar-refractivity contribution in [3.63, 3.8) is 0 Å². The van der Waals surface area contributed by atoms with E-state index in [1.54, 1.807) is 42.5 Å². The van der Waals surface area contributed by atoms with Crippen LogP contribution in [0.5, 0.6) is 23.0 Å². The zero-order valence-corrected chi connectivity index (χ0v) is 22.2. The minimum atomic E-state index is -0.480. The lowest BCUT2D eigenvalue weighted by molar-refractivity contribution is 0.135. The lowest BCUT2D eigenvalue weighted by Gasteiger charge is -2.35. The zero-order valence-electron chi connectivity index (χ0n) is 22.2. The van der Waals surface area contributed by atoms with Gasteiger partial charge in [-0.25, -0.2) is 10.6 Å². The second-order valence-electron chi connectivity index (χ2n) is 9.47. The summed E-state index contributed by atoms with van der Waals surface area (Å²) >= 11 is 0. The number of nitrogens with one attached hydrogen (secondary N) is 1. The van der Waals surface area contributed by atoms with E-state index in [1.165, 1.54) is 11.2 Å². The predicted octanol–water partition coefficient (Wildman–Crippen LogP) is 4.40.